The number of ether oxygens (including phenoxy) is 1. The third-order valence-electron chi connectivity index (χ3n) is 8.55. The molecular weight excluding hydrogens is 440 g/mol. The summed E-state index contributed by atoms with van der Waals surface area (Å²) >= 11 is 0. The lowest BCUT2D eigenvalue weighted by molar-refractivity contribution is -0.149. The molecule has 8 heteroatoms. The van der Waals surface area contributed by atoms with Crippen molar-refractivity contribution in [2.24, 2.45) is 5.41 Å². The lowest BCUT2D eigenvalue weighted by Gasteiger charge is -2.51. The van der Waals surface area contributed by atoms with Gasteiger partial charge in [-0.25, -0.2) is 4.98 Å². The third-order valence-corrected chi connectivity index (χ3v) is 8.55. The minimum Gasteiger partial charge on any atom is -0.365 e. The second-order valence-corrected chi connectivity index (χ2v) is 10.9. The summed E-state index contributed by atoms with van der Waals surface area (Å²) < 4.78 is 8.28. The molecule has 182 valence electrons. The maximum atomic E-state index is 13.7. The Kier molecular flexibility index (Phi) is 4.73. The molecule has 4 aliphatic rings. The summed E-state index contributed by atoms with van der Waals surface area (Å²) in [4.78, 5) is 23.0. The number of hydrogen-bond acceptors (Lipinski definition) is 6. The average Bonchev–Trinajstić information content (AvgIpc) is 3.39. The van der Waals surface area contributed by atoms with Crippen molar-refractivity contribution in [2.45, 2.75) is 44.8 Å². The summed E-state index contributed by atoms with van der Waals surface area (Å²) in [6.45, 7) is 7.63. The Labute approximate surface area is 205 Å². The number of aromatic nitrogens is 3. The van der Waals surface area contributed by atoms with Crippen LogP contribution in [0.4, 0.5) is 5.82 Å². The van der Waals surface area contributed by atoms with E-state index in [0.717, 1.165) is 69.0 Å². The predicted octanol–water partition coefficient (Wildman–Crippen LogP) is 2.29. The summed E-state index contributed by atoms with van der Waals surface area (Å²) in [5.41, 5.74) is 5.36. The molecule has 1 spiro atoms. The minimum atomic E-state index is -0.377. The van der Waals surface area contributed by atoms with Crippen molar-refractivity contribution in [2.75, 3.05) is 44.2 Å². The van der Waals surface area contributed by atoms with E-state index in [9.17, 15) is 4.79 Å². The van der Waals surface area contributed by atoms with Gasteiger partial charge >= 0.3 is 0 Å². The van der Waals surface area contributed by atoms with Crippen LogP contribution in [0.3, 0.4) is 0 Å². The number of anilines is 1. The highest BCUT2D eigenvalue weighted by atomic mass is 16.5. The van der Waals surface area contributed by atoms with Gasteiger partial charge in [0.15, 0.2) is 5.65 Å². The molecule has 1 aromatic carbocycles. The molecule has 4 aliphatic heterocycles. The number of carbonyl (C=O) groups is 1. The fraction of sp³-hybridized carbons (Fsp3) is 0.519. The van der Waals surface area contributed by atoms with Crippen molar-refractivity contribution in [3.05, 3.63) is 58.9 Å². The van der Waals surface area contributed by atoms with Crippen LogP contribution in [-0.4, -0.2) is 64.7 Å². The molecule has 0 aliphatic carbocycles. The molecule has 0 bridgehead atoms. The maximum absolute atomic E-state index is 13.7. The second-order valence-electron chi connectivity index (χ2n) is 10.9. The fourth-order valence-electron chi connectivity index (χ4n) is 6.67. The van der Waals surface area contributed by atoms with Crippen molar-refractivity contribution in [1.29, 1.82) is 0 Å². The van der Waals surface area contributed by atoms with E-state index in [1.807, 2.05) is 16.8 Å². The van der Waals surface area contributed by atoms with Crippen LogP contribution >= 0.6 is 0 Å². The van der Waals surface area contributed by atoms with Gasteiger partial charge in [-0.2, -0.15) is 9.61 Å². The van der Waals surface area contributed by atoms with Crippen LogP contribution in [0.5, 0.6) is 0 Å². The summed E-state index contributed by atoms with van der Waals surface area (Å²) in [5.74, 6) is 1.39. The zero-order chi connectivity index (χ0) is 23.6. The van der Waals surface area contributed by atoms with E-state index in [0.29, 0.717) is 19.7 Å². The molecule has 6 heterocycles. The molecule has 3 aromatic rings. The average molecular weight is 473 g/mol. The van der Waals surface area contributed by atoms with Gasteiger partial charge in [0.2, 0.25) is 5.91 Å². The lowest BCUT2D eigenvalue weighted by Crippen LogP contribution is -2.64. The van der Waals surface area contributed by atoms with E-state index in [1.54, 1.807) is 0 Å². The molecule has 2 aromatic heterocycles. The van der Waals surface area contributed by atoms with Gasteiger partial charge in [-0.05, 0) is 43.9 Å². The first-order chi connectivity index (χ1) is 17.1. The predicted molar refractivity (Wildman–Crippen MR) is 132 cm³/mol. The highest BCUT2D eigenvalue weighted by Crippen LogP contribution is 2.45. The van der Waals surface area contributed by atoms with E-state index in [4.69, 9.17) is 9.72 Å². The number of likely N-dealkylation sites (tertiary alicyclic amines) is 1. The van der Waals surface area contributed by atoms with Gasteiger partial charge in [-0.3, -0.25) is 4.79 Å². The summed E-state index contributed by atoms with van der Waals surface area (Å²) in [5, 5.41) is 8.07. The van der Waals surface area contributed by atoms with Crippen LogP contribution in [0.25, 0.3) is 5.65 Å². The first-order valence-electron chi connectivity index (χ1n) is 12.9. The Morgan fingerprint density at radius 2 is 1.89 bits per heavy atom. The van der Waals surface area contributed by atoms with E-state index in [-0.39, 0.29) is 16.9 Å². The van der Waals surface area contributed by atoms with Crippen molar-refractivity contribution in [1.82, 2.24) is 24.8 Å². The van der Waals surface area contributed by atoms with Crippen LogP contribution in [-0.2, 0) is 34.6 Å². The molecular formula is C27H32N6O2. The normalized spacial score (nSPS) is 22.5. The topological polar surface area (TPSA) is 75.0 Å². The first kappa shape index (κ1) is 21.3. The second kappa shape index (κ2) is 7.77. The van der Waals surface area contributed by atoms with E-state index >= 15 is 0 Å². The zero-order valence-corrected chi connectivity index (χ0v) is 20.3. The Morgan fingerprint density at radius 3 is 2.74 bits per heavy atom. The number of nitrogens with zero attached hydrogens (tertiary/aromatic N) is 5. The number of nitrogens with one attached hydrogen (secondary N) is 1. The van der Waals surface area contributed by atoms with Crippen LogP contribution in [0.2, 0.25) is 0 Å². The van der Waals surface area contributed by atoms with E-state index in [1.165, 1.54) is 16.7 Å². The number of benzene rings is 1. The van der Waals surface area contributed by atoms with Gasteiger partial charge in [-0.1, -0.05) is 24.3 Å². The number of rotatable bonds is 2. The Hall–Kier alpha value is -2.97. The van der Waals surface area contributed by atoms with Crippen molar-refractivity contribution in [3.8, 4) is 0 Å². The number of piperidine rings is 1. The van der Waals surface area contributed by atoms with E-state index in [2.05, 4.69) is 51.4 Å². The smallest absolute Gasteiger partial charge is 0.232 e. The Morgan fingerprint density at radius 1 is 1.09 bits per heavy atom. The standard InChI is InChI=1S/C27H32N6O2/c1-26(25(34)31-14-9-27(10-15-31)21-5-3-2-4-19(21)16-35-27)17-32(18-26)24-20-6-11-28-12-7-22(20)30-23-8-13-29-33(23)24/h2-5,8,13,28H,6-7,9-12,14-18H2,1H3. The van der Waals surface area contributed by atoms with Crippen LogP contribution in [0.1, 0.15) is 42.1 Å². The number of fused-ring (bicyclic) bond motifs is 4. The van der Waals surface area contributed by atoms with Gasteiger partial charge < -0.3 is 19.9 Å². The van der Waals surface area contributed by atoms with Crippen molar-refractivity contribution in [3.63, 3.8) is 0 Å². The summed E-state index contributed by atoms with van der Waals surface area (Å²) in [6.07, 6.45) is 5.42. The van der Waals surface area contributed by atoms with Crippen molar-refractivity contribution < 1.29 is 9.53 Å². The van der Waals surface area contributed by atoms with Gasteiger partial charge in [0, 0.05) is 50.8 Å². The SMILES string of the molecule is CC1(C(=O)N2CCC3(CC2)OCc2ccccc23)CN(c2c3c(nc4ccnn24)CCNCC3)C1. The molecule has 8 nitrogen and oxygen atoms in total. The molecule has 7 rings (SSSR count). The van der Waals surface area contributed by atoms with Gasteiger partial charge in [0.1, 0.15) is 5.82 Å². The monoisotopic (exact) mass is 472 g/mol. The molecule has 0 atom stereocenters. The largest absolute Gasteiger partial charge is 0.365 e. The molecule has 2 fully saturated rings. The maximum Gasteiger partial charge on any atom is 0.232 e. The Balaban J connectivity index is 1.09. The van der Waals surface area contributed by atoms with Crippen LogP contribution < -0.4 is 10.2 Å². The molecule has 35 heavy (non-hydrogen) atoms. The molecule has 1 amide bonds. The first-order valence-corrected chi connectivity index (χ1v) is 12.9. The summed E-state index contributed by atoms with van der Waals surface area (Å²) in [7, 11) is 0. The number of hydrogen-bond donors (Lipinski definition) is 1. The van der Waals surface area contributed by atoms with Crippen LogP contribution in [0.15, 0.2) is 36.5 Å². The highest BCUT2D eigenvalue weighted by Gasteiger charge is 2.51. The third kappa shape index (κ3) is 3.23. The summed E-state index contributed by atoms with van der Waals surface area (Å²) in [6, 6.07) is 10.5. The highest BCUT2D eigenvalue weighted by molar-refractivity contribution is 5.86. The Bertz CT molecular complexity index is 1300. The fourth-order valence-corrected chi connectivity index (χ4v) is 6.67. The molecule has 0 unspecified atom stereocenters. The van der Waals surface area contributed by atoms with Gasteiger partial charge in [0.05, 0.1) is 29.5 Å². The molecule has 0 saturated carbocycles. The van der Waals surface area contributed by atoms with Crippen molar-refractivity contribution >= 4 is 17.4 Å². The van der Waals surface area contributed by atoms with E-state index < -0.39 is 0 Å². The number of carbonyl (C=O) groups excluding carboxylic acids is 1. The number of amides is 1. The van der Waals surface area contributed by atoms with Gasteiger partial charge in [-0.15, -0.1) is 0 Å². The van der Waals surface area contributed by atoms with Gasteiger partial charge in [0.25, 0.3) is 0 Å². The van der Waals surface area contributed by atoms with Crippen LogP contribution in [0, 0.1) is 5.41 Å². The molecule has 2 saturated heterocycles. The molecule has 0 radical (unpaired) electrons. The zero-order valence-electron chi connectivity index (χ0n) is 20.3. The minimum absolute atomic E-state index is 0.214. The molecule has 1 N–H and O–H groups in total. The lowest BCUT2D eigenvalue weighted by atomic mass is 9.78. The quantitative estimate of drug-likeness (QED) is 0.617.